The summed E-state index contributed by atoms with van der Waals surface area (Å²) in [4.78, 5) is 39.3. The van der Waals surface area contributed by atoms with Crippen LogP contribution in [0.5, 0.6) is 0 Å². The van der Waals surface area contributed by atoms with Gasteiger partial charge in [-0.05, 0) is 90.6 Å². The van der Waals surface area contributed by atoms with Gasteiger partial charge in [0.05, 0.1) is 5.39 Å². The largest absolute Gasteiger partial charge is 0.422 e. The molecule has 0 aliphatic carbocycles. The molecule has 6 nitrogen and oxygen atoms in total. The molecule has 3 heterocycles. The molecule has 0 bridgehead atoms. The highest BCUT2D eigenvalue weighted by atomic mass is 127. The molecule has 1 fully saturated rings. The van der Waals surface area contributed by atoms with Crippen molar-refractivity contribution in [3.63, 3.8) is 0 Å². The van der Waals surface area contributed by atoms with Crippen molar-refractivity contribution in [3.05, 3.63) is 101 Å². The normalized spacial score (nSPS) is 14.2. The van der Waals surface area contributed by atoms with Gasteiger partial charge >= 0.3 is 5.63 Å². The zero-order valence-electron chi connectivity index (χ0n) is 22.1. The SMILES string of the molecule is CC(=O)Cc1cccc(-c2c(C)n(C3CCOCC3)c(=O)c3c(Cc4ccc(I)cc4F)c(C)c(=O)oc23)c1. The summed E-state index contributed by atoms with van der Waals surface area (Å²) in [6.07, 6.45) is 1.69. The van der Waals surface area contributed by atoms with Crippen LogP contribution >= 0.6 is 22.6 Å². The van der Waals surface area contributed by atoms with Gasteiger partial charge in [0.15, 0.2) is 5.58 Å². The van der Waals surface area contributed by atoms with Gasteiger partial charge in [-0.25, -0.2) is 9.18 Å². The summed E-state index contributed by atoms with van der Waals surface area (Å²) >= 11 is 2.05. The van der Waals surface area contributed by atoms with Crippen LogP contribution in [0.25, 0.3) is 22.1 Å². The van der Waals surface area contributed by atoms with E-state index in [-0.39, 0.29) is 46.8 Å². The first-order chi connectivity index (χ1) is 18.7. The lowest BCUT2D eigenvalue weighted by atomic mass is 9.93. The molecule has 39 heavy (non-hydrogen) atoms. The number of benzene rings is 2. The summed E-state index contributed by atoms with van der Waals surface area (Å²) in [5, 5.41) is 0.286. The summed E-state index contributed by atoms with van der Waals surface area (Å²) in [5.74, 6) is -0.360. The van der Waals surface area contributed by atoms with Crippen LogP contribution in [0.2, 0.25) is 0 Å². The maximum atomic E-state index is 15.0. The van der Waals surface area contributed by atoms with Crippen LogP contribution in [0.3, 0.4) is 0 Å². The number of aromatic nitrogens is 1. The minimum Gasteiger partial charge on any atom is -0.422 e. The van der Waals surface area contributed by atoms with Gasteiger partial charge in [-0.1, -0.05) is 30.3 Å². The summed E-state index contributed by atoms with van der Waals surface area (Å²) in [6.45, 7) is 6.11. The van der Waals surface area contributed by atoms with Crippen molar-refractivity contribution in [1.29, 1.82) is 0 Å². The van der Waals surface area contributed by atoms with Gasteiger partial charge in [-0.15, -0.1) is 0 Å². The first-order valence-corrected chi connectivity index (χ1v) is 14.1. The minimum absolute atomic E-state index is 0.0323. The molecule has 4 aromatic rings. The number of halogens is 2. The van der Waals surface area contributed by atoms with Crippen molar-refractivity contribution in [2.24, 2.45) is 0 Å². The van der Waals surface area contributed by atoms with E-state index in [1.807, 2.05) is 53.8 Å². The average molecular weight is 641 g/mol. The van der Waals surface area contributed by atoms with E-state index in [1.54, 1.807) is 23.6 Å². The maximum Gasteiger partial charge on any atom is 0.339 e. The van der Waals surface area contributed by atoms with Gasteiger partial charge < -0.3 is 13.7 Å². The number of carbonyl (C=O) groups is 1. The lowest BCUT2D eigenvalue weighted by Crippen LogP contribution is -2.32. The predicted octanol–water partition coefficient (Wildman–Crippen LogP) is 6.06. The molecular formula is C31H29FINO5. The van der Waals surface area contributed by atoms with Gasteiger partial charge in [0.25, 0.3) is 5.56 Å². The molecule has 8 heteroatoms. The van der Waals surface area contributed by atoms with E-state index < -0.39 is 11.4 Å². The van der Waals surface area contributed by atoms with E-state index in [9.17, 15) is 18.8 Å². The average Bonchev–Trinajstić information content (AvgIpc) is 2.88. The molecule has 1 aliphatic heterocycles. The molecule has 0 unspecified atom stereocenters. The Morgan fingerprint density at radius 2 is 1.85 bits per heavy atom. The molecule has 202 valence electrons. The Kier molecular flexibility index (Phi) is 7.87. The van der Waals surface area contributed by atoms with E-state index in [0.29, 0.717) is 48.4 Å². The lowest BCUT2D eigenvalue weighted by molar-refractivity contribution is -0.116. The highest BCUT2D eigenvalue weighted by Gasteiger charge is 2.27. The quantitative estimate of drug-likeness (QED) is 0.240. The smallest absolute Gasteiger partial charge is 0.339 e. The number of pyridine rings is 1. The van der Waals surface area contributed by atoms with Crippen LogP contribution < -0.4 is 11.2 Å². The van der Waals surface area contributed by atoms with Crippen LogP contribution in [0.15, 0.2) is 56.5 Å². The summed E-state index contributed by atoms with van der Waals surface area (Å²) < 4.78 is 29.0. The van der Waals surface area contributed by atoms with Crippen molar-refractivity contribution in [3.8, 4) is 11.1 Å². The molecular weight excluding hydrogens is 612 g/mol. The fourth-order valence-corrected chi connectivity index (χ4v) is 6.00. The third kappa shape index (κ3) is 5.36. The number of Topliss-reactive ketones (excluding diaryl/α,β-unsaturated/α-hetero) is 1. The molecule has 0 saturated carbocycles. The second-order valence-electron chi connectivity index (χ2n) is 10.2. The van der Waals surface area contributed by atoms with Gasteiger partial charge in [0.2, 0.25) is 0 Å². The Morgan fingerprint density at radius 3 is 2.54 bits per heavy atom. The zero-order valence-corrected chi connectivity index (χ0v) is 24.3. The number of carbonyl (C=O) groups excluding carboxylic acids is 1. The van der Waals surface area contributed by atoms with Gasteiger partial charge in [-0.3, -0.25) is 9.59 Å². The summed E-state index contributed by atoms with van der Waals surface area (Å²) in [5.41, 5.74) is 3.40. The highest BCUT2D eigenvalue weighted by Crippen LogP contribution is 2.35. The van der Waals surface area contributed by atoms with Crippen molar-refractivity contribution in [2.45, 2.75) is 52.5 Å². The molecule has 1 saturated heterocycles. The number of nitrogens with zero attached hydrogens (tertiary/aromatic N) is 1. The van der Waals surface area contributed by atoms with Crippen molar-refractivity contribution in [1.82, 2.24) is 4.57 Å². The maximum absolute atomic E-state index is 15.0. The molecule has 0 spiro atoms. The third-order valence-electron chi connectivity index (χ3n) is 7.47. The number of hydrogen-bond acceptors (Lipinski definition) is 5. The van der Waals surface area contributed by atoms with Crippen LogP contribution in [-0.2, 0) is 22.4 Å². The third-order valence-corrected chi connectivity index (χ3v) is 8.14. The van der Waals surface area contributed by atoms with Crippen LogP contribution in [0.4, 0.5) is 4.39 Å². The van der Waals surface area contributed by atoms with E-state index >= 15 is 0 Å². The number of rotatable bonds is 6. The lowest BCUT2D eigenvalue weighted by Gasteiger charge is -2.28. The summed E-state index contributed by atoms with van der Waals surface area (Å²) in [6, 6.07) is 12.4. The first-order valence-electron chi connectivity index (χ1n) is 13.0. The van der Waals surface area contributed by atoms with E-state index in [1.165, 1.54) is 13.0 Å². The Bertz CT molecular complexity index is 1720. The Morgan fingerprint density at radius 1 is 1.10 bits per heavy atom. The monoisotopic (exact) mass is 641 g/mol. The first kappa shape index (κ1) is 27.5. The standard InChI is InChI=1S/C31H29FINO5/c1-17(35)13-20-5-4-6-22(14-20)27-19(3)34(24-9-11-38-12-10-24)30(36)28-25(18(2)31(37)39-29(27)28)15-21-7-8-23(33)16-26(21)32/h4-8,14,16,24H,9-13,15H2,1-3H3. The Labute approximate surface area is 238 Å². The van der Waals surface area contributed by atoms with Crippen LogP contribution in [0, 0.1) is 23.2 Å². The number of hydrogen-bond donors (Lipinski definition) is 0. The molecule has 2 aromatic heterocycles. The van der Waals surface area contributed by atoms with E-state index in [2.05, 4.69) is 0 Å². The molecule has 2 aromatic carbocycles. The second-order valence-corrected chi connectivity index (χ2v) is 11.4. The fourth-order valence-electron chi connectivity index (χ4n) is 5.55. The second kappa shape index (κ2) is 11.2. The number of ether oxygens (including phenoxy) is 1. The Balaban J connectivity index is 1.86. The summed E-state index contributed by atoms with van der Waals surface area (Å²) in [7, 11) is 0. The van der Waals surface area contributed by atoms with Crippen LogP contribution in [-0.4, -0.2) is 23.6 Å². The molecule has 5 rings (SSSR count). The molecule has 0 amide bonds. The van der Waals surface area contributed by atoms with E-state index in [4.69, 9.17) is 9.15 Å². The highest BCUT2D eigenvalue weighted by molar-refractivity contribution is 14.1. The van der Waals surface area contributed by atoms with Crippen LogP contribution in [0.1, 0.15) is 53.8 Å². The van der Waals surface area contributed by atoms with Gasteiger partial charge in [0, 0.05) is 52.5 Å². The number of fused-ring (bicyclic) bond motifs is 1. The fraction of sp³-hybridized carbons (Fsp3) is 0.323. The molecule has 0 N–H and O–H groups in total. The minimum atomic E-state index is -0.563. The van der Waals surface area contributed by atoms with Crippen molar-refractivity contribution in [2.75, 3.05) is 13.2 Å². The Hall–Kier alpha value is -3.11. The molecule has 1 aliphatic rings. The van der Waals surface area contributed by atoms with Gasteiger partial charge in [0.1, 0.15) is 11.6 Å². The predicted molar refractivity (Wildman–Crippen MR) is 157 cm³/mol. The van der Waals surface area contributed by atoms with Crippen molar-refractivity contribution >= 4 is 39.3 Å². The topological polar surface area (TPSA) is 78.5 Å². The van der Waals surface area contributed by atoms with Gasteiger partial charge in [-0.2, -0.15) is 0 Å². The molecule has 0 atom stereocenters. The number of ketones is 1. The van der Waals surface area contributed by atoms with Crippen molar-refractivity contribution < 1.29 is 18.3 Å². The zero-order chi connectivity index (χ0) is 27.8. The molecule has 0 radical (unpaired) electrons. The van der Waals surface area contributed by atoms with E-state index in [0.717, 1.165) is 14.7 Å².